The number of ketones is 1. The molecule has 7 heteroatoms. The van der Waals surface area contributed by atoms with Gasteiger partial charge in [0.05, 0.1) is 4.92 Å². The SMILES string of the molecule is Cc1cccc(C(=O)c2c(N)ncn2-c2ccc([N+](=O)[O-])cc2)c1. The van der Waals surface area contributed by atoms with Crippen LogP contribution in [0.25, 0.3) is 5.69 Å². The number of benzene rings is 2. The standard InChI is InChI=1S/C17H14N4O3/c1-11-3-2-4-12(9-11)16(22)15-17(18)19-10-20(15)13-5-7-14(8-6-13)21(23)24/h2-10H,18H2,1H3. The van der Waals surface area contributed by atoms with Crippen LogP contribution in [-0.4, -0.2) is 20.3 Å². The van der Waals surface area contributed by atoms with E-state index in [-0.39, 0.29) is 23.0 Å². The number of carbonyl (C=O) groups excluding carboxylic acids is 1. The molecule has 0 spiro atoms. The Morgan fingerprint density at radius 1 is 1.21 bits per heavy atom. The zero-order valence-electron chi connectivity index (χ0n) is 12.8. The van der Waals surface area contributed by atoms with Crippen molar-refractivity contribution in [2.75, 3.05) is 5.73 Å². The zero-order chi connectivity index (χ0) is 17.3. The molecule has 0 bridgehead atoms. The summed E-state index contributed by atoms with van der Waals surface area (Å²) in [5.41, 5.74) is 8.11. The third kappa shape index (κ3) is 2.74. The van der Waals surface area contributed by atoms with Crippen molar-refractivity contribution in [1.82, 2.24) is 9.55 Å². The van der Waals surface area contributed by atoms with Gasteiger partial charge in [-0.2, -0.15) is 0 Å². The first kappa shape index (κ1) is 15.4. The fraction of sp³-hybridized carbons (Fsp3) is 0.0588. The molecule has 3 rings (SSSR count). The highest BCUT2D eigenvalue weighted by atomic mass is 16.6. The Labute approximate surface area is 137 Å². The molecule has 0 amide bonds. The van der Waals surface area contributed by atoms with Gasteiger partial charge in [0, 0.05) is 23.4 Å². The minimum absolute atomic E-state index is 0.0293. The van der Waals surface area contributed by atoms with Gasteiger partial charge in [-0.25, -0.2) is 4.98 Å². The molecule has 1 heterocycles. The number of anilines is 1. The number of imidazole rings is 1. The van der Waals surface area contributed by atoms with E-state index in [4.69, 9.17) is 5.73 Å². The minimum Gasteiger partial charge on any atom is -0.382 e. The van der Waals surface area contributed by atoms with Crippen LogP contribution >= 0.6 is 0 Å². The number of nitro groups is 1. The lowest BCUT2D eigenvalue weighted by Gasteiger charge is -2.08. The molecule has 0 unspecified atom stereocenters. The van der Waals surface area contributed by atoms with E-state index in [0.29, 0.717) is 11.3 Å². The van der Waals surface area contributed by atoms with E-state index in [1.54, 1.807) is 30.3 Å². The Morgan fingerprint density at radius 2 is 1.92 bits per heavy atom. The number of nitrogens with two attached hydrogens (primary N) is 1. The predicted octanol–water partition coefficient (Wildman–Crippen LogP) is 2.90. The second-order valence-electron chi connectivity index (χ2n) is 5.32. The van der Waals surface area contributed by atoms with Crippen LogP contribution in [0.1, 0.15) is 21.6 Å². The Bertz CT molecular complexity index is 929. The van der Waals surface area contributed by atoms with Crippen molar-refractivity contribution in [2.24, 2.45) is 0 Å². The largest absolute Gasteiger partial charge is 0.382 e. The monoisotopic (exact) mass is 322 g/mol. The molecule has 0 fully saturated rings. The van der Waals surface area contributed by atoms with Crippen LogP contribution in [0.2, 0.25) is 0 Å². The van der Waals surface area contributed by atoms with Gasteiger partial charge in [-0.1, -0.05) is 23.8 Å². The fourth-order valence-corrected chi connectivity index (χ4v) is 2.44. The molecule has 120 valence electrons. The zero-order valence-corrected chi connectivity index (χ0v) is 12.8. The number of nitrogens with zero attached hydrogens (tertiary/aromatic N) is 3. The molecule has 0 aliphatic carbocycles. The van der Waals surface area contributed by atoms with Crippen LogP contribution in [0.5, 0.6) is 0 Å². The van der Waals surface area contributed by atoms with Gasteiger partial charge in [-0.05, 0) is 25.1 Å². The summed E-state index contributed by atoms with van der Waals surface area (Å²) in [5, 5.41) is 10.8. The first-order chi connectivity index (χ1) is 11.5. The molecular weight excluding hydrogens is 308 g/mol. The normalized spacial score (nSPS) is 10.5. The Morgan fingerprint density at radius 3 is 2.54 bits per heavy atom. The number of carbonyl (C=O) groups is 1. The van der Waals surface area contributed by atoms with Gasteiger partial charge in [-0.15, -0.1) is 0 Å². The number of aromatic nitrogens is 2. The number of nitro benzene ring substituents is 1. The first-order valence-electron chi connectivity index (χ1n) is 7.16. The summed E-state index contributed by atoms with van der Waals surface area (Å²) in [7, 11) is 0. The van der Waals surface area contributed by atoms with Crippen molar-refractivity contribution < 1.29 is 9.72 Å². The molecular formula is C17H14N4O3. The summed E-state index contributed by atoms with van der Waals surface area (Å²) in [5.74, 6) is -0.146. The third-order valence-electron chi connectivity index (χ3n) is 3.63. The number of hydrogen-bond donors (Lipinski definition) is 1. The second kappa shape index (κ2) is 5.96. The van der Waals surface area contributed by atoms with Gasteiger partial charge in [0.2, 0.25) is 5.78 Å². The van der Waals surface area contributed by atoms with E-state index in [2.05, 4.69) is 4.98 Å². The lowest BCUT2D eigenvalue weighted by Crippen LogP contribution is -2.11. The molecule has 0 aliphatic heterocycles. The molecule has 0 atom stereocenters. The van der Waals surface area contributed by atoms with Crippen LogP contribution in [0.15, 0.2) is 54.9 Å². The maximum absolute atomic E-state index is 12.8. The average Bonchev–Trinajstić information content (AvgIpc) is 2.96. The minimum atomic E-state index is -0.481. The summed E-state index contributed by atoms with van der Waals surface area (Å²) in [6, 6.07) is 13.0. The molecule has 24 heavy (non-hydrogen) atoms. The molecule has 0 radical (unpaired) electrons. The molecule has 0 saturated heterocycles. The quantitative estimate of drug-likeness (QED) is 0.452. The van der Waals surface area contributed by atoms with Crippen LogP contribution < -0.4 is 5.73 Å². The summed E-state index contributed by atoms with van der Waals surface area (Å²) in [6.07, 6.45) is 1.43. The van der Waals surface area contributed by atoms with Gasteiger partial charge < -0.3 is 5.73 Å². The van der Waals surface area contributed by atoms with Crippen LogP contribution in [0.4, 0.5) is 11.5 Å². The smallest absolute Gasteiger partial charge is 0.269 e. The highest BCUT2D eigenvalue weighted by Crippen LogP contribution is 2.22. The maximum Gasteiger partial charge on any atom is 0.269 e. The average molecular weight is 322 g/mol. The van der Waals surface area contributed by atoms with Gasteiger partial charge >= 0.3 is 0 Å². The molecule has 0 saturated carbocycles. The van der Waals surface area contributed by atoms with Crippen molar-refractivity contribution in [3.63, 3.8) is 0 Å². The topological polar surface area (TPSA) is 104 Å². The molecule has 7 nitrogen and oxygen atoms in total. The van der Waals surface area contributed by atoms with Gasteiger partial charge in [-0.3, -0.25) is 19.5 Å². The summed E-state index contributed by atoms with van der Waals surface area (Å²) >= 11 is 0. The summed E-state index contributed by atoms with van der Waals surface area (Å²) in [4.78, 5) is 27.1. The van der Waals surface area contributed by atoms with Gasteiger partial charge in [0.25, 0.3) is 5.69 Å². The van der Waals surface area contributed by atoms with E-state index in [1.165, 1.54) is 23.0 Å². The lowest BCUT2D eigenvalue weighted by molar-refractivity contribution is -0.384. The molecule has 0 aliphatic rings. The summed E-state index contributed by atoms with van der Waals surface area (Å²) in [6.45, 7) is 1.90. The van der Waals surface area contributed by atoms with Crippen LogP contribution in [-0.2, 0) is 0 Å². The summed E-state index contributed by atoms with van der Waals surface area (Å²) < 4.78 is 1.53. The van der Waals surface area contributed by atoms with Crippen LogP contribution in [0, 0.1) is 17.0 Å². The van der Waals surface area contributed by atoms with Crippen molar-refractivity contribution in [3.05, 3.63) is 81.8 Å². The Hall–Kier alpha value is -3.48. The number of rotatable bonds is 4. The first-order valence-corrected chi connectivity index (χ1v) is 7.16. The van der Waals surface area contributed by atoms with Crippen molar-refractivity contribution in [2.45, 2.75) is 6.92 Å². The Balaban J connectivity index is 2.06. The van der Waals surface area contributed by atoms with E-state index in [0.717, 1.165) is 5.56 Å². The molecule has 1 aromatic heterocycles. The highest BCUT2D eigenvalue weighted by Gasteiger charge is 2.20. The molecule has 2 N–H and O–H groups in total. The van der Waals surface area contributed by atoms with Gasteiger partial charge in [0.1, 0.15) is 12.0 Å². The maximum atomic E-state index is 12.8. The van der Waals surface area contributed by atoms with E-state index in [9.17, 15) is 14.9 Å². The number of nitrogen functional groups attached to an aromatic ring is 1. The van der Waals surface area contributed by atoms with Crippen LogP contribution in [0.3, 0.4) is 0 Å². The van der Waals surface area contributed by atoms with E-state index in [1.807, 2.05) is 13.0 Å². The number of hydrogen-bond acceptors (Lipinski definition) is 5. The van der Waals surface area contributed by atoms with Gasteiger partial charge in [0.15, 0.2) is 5.82 Å². The lowest BCUT2D eigenvalue weighted by atomic mass is 10.1. The fourth-order valence-electron chi connectivity index (χ4n) is 2.44. The second-order valence-corrected chi connectivity index (χ2v) is 5.32. The number of non-ortho nitro benzene ring substituents is 1. The van der Waals surface area contributed by atoms with Crippen molar-refractivity contribution in [3.8, 4) is 5.69 Å². The van der Waals surface area contributed by atoms with E-state index >= 15 is 0 Å². The predicted molar refractivity (Wildman–Crippen MR) is 89.2 cm³/mol. The van der Waals surface area contributed by atoms with Crippen molar-refractivity contribution >= 4 is 17.3 Å². The highest BCUT2D eigenvalue weighted by molar-refractivity contribution is 6.11. The third-order valence-corrected chi connectivity index (χ3v) is 3.63. The number of aryl methyl sites for hydroxylation is 1. The van der Waals surface area contributed by atoms with Crippen molar-refractivity contribution in [1.29, 1.82) is 0 Å². The Kier molecular flexibility index (Phi) is 3.83. The molecule has 3 aromatic rings. The molecule has 2 aromatic carbocycles. The van der Waals surface area contributed by atoms with E-state index < -0.39 is 4.92 Å².